The van der Waals surface area contributed by atoms with E-state index in [4.69, 9.17) is 9.72 Å². The Morgan fingerprint density at radius 3 is 2.49 bits per heavy atom. The van der Waals surface area contributed by atoms with E-state index >= 15 is 0 Å². The molecule has 3 aromatic rings. The van der Waals surface area contributed by atoms with Crippen LogP contribution < -0.4 is 15.1 Å². The number of carbonyl (C=O) groups excluding carboxylic acids is 1. The van der Waals surface area contributed by atoms with Crippen LogP contribution in [-0.4, -0.2) is 71.5 Å². The van der Waals surface area contributed by atoms with E-state index in [2.05, 4.69) is 20.2 Å². The fourth-order valence-corrected chi connectivity index (χ4v) is 4.32. The van der Waals surface area contributed by atoms with Gasteiger partial charge in [-0.25, -0.2) is 4.98 Å². The second-order valence-electron chi connectivity index (χ2n) is 9.36. The maximum absolute atomic E-state index is 13.7. The molecule has 0 radical (unpaired) electrons. The largest absolute Gasteiger partial charge is 0.389 e. The predicted octanol–water partition coefficient (Wildman–Crippen LogP) is 3.23. The van der Waals surface area contributed by atoms with E-state index in [9.17, 15) is 18.7 Å². The fraction of sp³-hybridized carbons (Fsp3) is 0.385. The van der Waals surface area contributed by atoms with Crippen molar-refractivity contribution in [1.82, 2.24) is 15.0 Å². The summed E-state index contributed by atoms with van der Waals surface area (Å²) in [6.45, 7) is 6.31. The number of aromatic nitrogens is 3. The Morgan fingerprint density at radius 2 is 1.81 bits per heavy atom. The van der Waals surface area contributed by atoms with Crippen LogP contribution in [0.5, 0.6) is 0 Å². The zero-order chi connectivity index (χ0) is 26.2. The van der Waals surface area contributed by atoms with Crippen LogP contribution >= 0.6 is 0 Å². The predicted molar refractivity (Wildman–Crippen MR) is 135 cm³/mol. The number of anilines is 3. The van der Waals surface area contributed by atoms with E-state index in [1.54, 1.807) is 0 Å². The van der Waals surface area contributed by atoms with E-state index in [0.717, 1.165) is 54.5 Å². The maximum Gasteiger partial charge on any atom is 0.286 e. The van der Waals surface area contributed by atoms with Gasteiger partial charge < -0.3 is 25.0 Å². The number of nitrogens with one attached hydrogen (secondary N) is 1. The molecule has 0 saturated carbocycles. The molecule has 194 valence electrons. The molecule has 5 rings (SSSR count). The molecule has 11 heteroatoms. The lowest BCUT2D eigenvalue weighted by molar-refractivity contribution is 0.0127. The first-order valence-electron chi connectivity index (χ1n) is 12.1. The van der Waals surface area contributed by atoms with Gasteiger partial charge in [0.1, 0.15) is 17.3 Å². The Bertz CT molecular complexity index is 1300. The standard InChI is InChI=1S/C26H28F2N6O3/c1-16-21(12-19(13-30-16)31-25(36)17-3-4-29-22(9-17)26(2,27)28)18-10-23(33-5-7-37-8-6-33)32-24(11-18)34-14-20(35)15-34/h3-4,9-13,20,35H,5-8,14-15H2,1-2H3,(H,31,36). The number of β-amino-alcohol motifs (C(OH)–C–C–N with tert-alkyl or cyclic N) is 1. The van der Waals surface area contributed by atoms with Crippen LogP contribution in [0.3, 0.4) is 0 Å². The third kappa shape index (κ3) is 5.52. The van der Waals surface area contributed by atoms with Gasteiger partial charge in [-0.3, -0.25) is 14.8 Å². The van der Waals surface area contributed by atoms with Crippen LogP contribution in [0.4, 0.5) is 26.1 Å². The number of aliphatic hydroxyl groups excluding tert-OH is 1. The second-order valence-corrected chi connectivity index (χ2v) is 9.36. The molecule has 0 atom stereocenters. The molecule has 0 unspecified atom stereocenters. The lowest BCUT2D eigenvalue weighted by atomic mass is 10.0. The van der Waals surface area contributed by atoms with Crippen molar-refractivity contribution in [2.45, 2.75) is 25.9 Å². The number of nitrogens with zero attached hydrogens (tertiary/aromatic N) is 5. The quantitative estimate of drug-likeness (QED) is 0.521. The Hall–Kier alpha value is -3.70. The first-order chi connectivity index (χ1) is 17.7. The molecule has 37 heavy (non-hydrogen) atoms. The van der Waals surface area contributed by atoms with E-state index in [-0.39, 0.29) is 11.7 Å². The Kier molecular flexibility index (Phi) is 6.74. The monoisotopic (exact) mass is 510 g/mol. The van der Waals surface area contributed by atoms with Crippen molar-refractivity contribution < 1.29 is 23.4 Å². The molecule has 2 aliphatic rings. The van der Waals surface area contributed by atoms with Gasteiger partial charge in [0.05, 0.1) is 31.2 Å². The topological polar surface area (TPSA) is 104 Å². The average molecular weight is 511 g/mol. The third-order valence-electron chi connectivity index (χ3n) is 6.45. The highest BCUT2D eigenvalue weighted by Gasteiger charge is 2.28. The van der Waals surface area contributed by atoms with Crippen molar-refractivity contribution in [3.63, 3.8) is 0 Å². The van der Waals surface area contributed by atoms with E-state index < -0.39 is 17.5 Å². The number of aliphatic hydroxyl groups is 1. The Labute approximate surface area is 213 Å². The molecule has 2 fully saturated rings. The van der Waals surface area contributed by atoms with E-state index in [1.165, 1.54) is 18.5 Å². The smallest absolute Gasteiger partial charge is 0.286 e. The van der Waals surface area contributed by atoms with Crippen LogP contribution in [0.25, 0.3) is 11.1 Å². The molecule has 2 aliphatic heterocycles. The summed E-state index contributed by atoms with van der Waals surface area (Å²) < 4.78 is 32.8. The van der Waals surface area contributed by atoms with Gasteiger partial charge in [0.15, 0.2) is 0 Å². The first-order valence-corrected chi connectivity index (χ1v) is 12.1. The van der Waals surface area contributed by atoms with Crippen molar-refractivity contribution in [3.8, 4) is 11.1 Å². The Morgan fingerprint density at radius 1 is 1.11 bits per heavy atom. The molecule has 0 bridgehead atoms. The number of alkyl halides is 2. The third-order valence-corrected chi connectivity index (χ3v) is 6.45. The molecule has 0 aromatic carbocycles. The number of morpholine rings is 1. The highest BCUT2D eigenvalue weighted by Crippen LogP contribution is 2.33. The van der Waals surface area contributed by atoms with Gasteiger partial charge in [-0.1, -0.05) is 0 Å². The fourth-order valence-electron chi connectivity index (χ4n) is 4.32. The van der Waals surface area contributed by atoms with Crippen LogP contribution in [0, 0.1) is 6.92 Å². The van der Waals surface area contributed by atoms with Gasteiger partial charge >= 0.3 is 0 Å². The van der Waals surface area contributed by atoms with Gasteiger partial charge in [-0.05, 0) is 42.8 Å². The summed E-state index contributed by atoms with van der Waals surface area (Å²) in [4.78, 5) is 30.0. The zero-order valence-electron chi connectivity index (χ0n) is 20.6. The number of ether oxygens (including phenoxy) is 1. The van der Waals surface area contributed by atoms with Crippen LogP contribution in [0.2, 0.25) is 0 Å². The number of hydrogen-bond acceptors (Lipinski definition) is 8. The van der Waals surface area contributed by atoms with E-state index in [1.807, 2.05) is 30.0 Å². The van der Waals surface area contributed by atoms with Crippen LogP contribution in [0.15, 0.2) is 42.7 Å². The van der Waals surface area contributed by atoms with Crippen molar-refractivity contribution in [2.24, 2.45) is 0 Å². The summed E-state index contributed by atoms with van der Waals surface area (Å²) in [5.41, 5.74) is 2.45. The van der Waals surface area contributed by atoms with Crippen LogP contribution in [0.1, 0.15) is 28.7 Å². The van der Waals surface area contributed by atoms with Crippen molar-refractivity contribution >= 4 is 23.2 Å². The highest BCUT2D eigenvalue weighted by molar-refractivity contribution is 6.04. The molecular formula is C26H28F2N6O3. The van der Waals surface area contributed by atoms with Gasteiger partial charge in [-0.15, -0.1) is 0 Å². The molecule has 1 amide bonds. The molecule has 2 N–H and O–H groups in total. The van der Waals surface area contributed by atoms with Crippen molar-refractivity contribution in [3.05, 3.63) is 59.7 Å². The normalized spacial score (nSPS) is 16.5. The minimum atomic E-state index is -3.15. The number of halogens is 2. The van der Waals surface area contributed by atoms with Crippen molar-refractivity contribution in [2.75, 3.05) is 54.5 Å². The van der Waals surface area contributed by atoms with Crippen molar-refractivity contribution in [1.29, 1.82) is 0 Å². The summed E-state index contributed by atoms with van der Waals surface area (Å²) >= 11 is 0. The number of pyridine rings is 3. The zero-order valence-corrected chi connectivity index (χ0v) is 20.6. The summed E-state index contributed by atoms with van der Waals surface area (Å²) in [6.07, 6.45) is 2.35. The number of rotatable bonds is 6. The molecule has 0 spiro atoms. The first kappa shape index (κ1) is 25.0. The Balaban J connectivity index is 1.46. The molecule has 9 nitrogen and oxygen atoms in total. The minimum absolute atomic E-state index is 0.0748. The van der Waals surface area contributed by atoms with Gasteiger partial charge in [0.2, 0.25) is 0 Å². The maximum atomic E-state index is 13.7. The van der Waals surface area contributed by atoms with Gasteiger partial charge in [0, 0.05) is 56.1 Å². The number of carbonyl (C=O) groups is 1. The van der Waals surface area contributed by atoms with Crippen LogP contribution in [-0.2, 0) is 10.7 Å². The summed E-state index contributed by atoms with van der Waals surface area (Å²) in [6, 6.07) is 8.22. The molecule has 3 aromatic heterocycles. The van der Waals surface area contributed by atoms with Gasteiger partial charge in [-0.2, -0.15) is 8.78 Å². The summed E-state index contributed by atoms with van der Waals surface area (Å²) in [5, 5.41) is 12.6. The molecule has 0 aliphatic carbocycles. The van der Waals surface area contributed by atoms with Gasteiger partial charge in [0.25, 0.3) is 11.8 Å². The summed E-state index contributed by atoms with van der Waals surface area (Å²) in [5.74, 6) is -2.14. The molecular weight excluding hydrogens is 482 g/mol. The summed E-state index contributed by atoms with van der Waals surface area (Å²) in [7, 11) is 0. The minimum Gasteiger partial charge on any atom is -0.389 e. The number of hydrogen-bond donors (Lipinski definition) is 2. The second kappa shape index (κ2) is 9.98. The lowest BCUT2D eigenvalue weighted by Gasteiger charge is -2.38. The highest BCUT2D eigenvalue weighted by atomic mass is 19.3. The SMILES string of the molecule is Cc1ncc(NC(=O)c2ccnc(C(C)(F)F)c2)cc1-c1cc(N2CCOCC2)nc(N2CC(O)C2)c1. The number of amides is 1. The average Bonchev–Trinajstić information content (AvgIpc) is 2.87. The van der Waals surface area contributed by atoms with E-state index in [0.29, 0.717) is 32.0 Å². The number of aryl methyl sites for hydroxylation is 1. The lowest BCUT2D eigenvalue weighted by Crippen LogP contribution is -2.51. The molecule has 5 heterocycles. The molecule has 2 saturated heterocycles.